The molecule has 28 heavy (non-hydrogen) atoms. The van der Waals surface area contributed by atoms with Crippen molar-refractivity contribution in [3.63, 3.8) is 0 Å². The van der Waals surface area contributed by atoms with Crippen LogP contribution in [-0.4, -0.2) is 32.8 Å². The van der Waals surface area contributed by atoms with Gasteiger partial charge in [-0.25, -0.2) is 4.39 Å². The number of halogens is 1. The van der Waals surface area contributed by atoms with Gasteiger partial charge in [-0.05, 0) is 62.7 Å². The number of nitriles is 1. The molecule has 1 atom stereocenters. The molecule has 1 spiro atoms. The summed E-state index contributed by atoms with van der Waals surface area (Å²) in [4.78, 5) is 2.34. The molecule has 1 saturated heterocycles. The molecule has 0 radical (unpaired) electrons. The van der Waals surface area contributed by atoms with Crippen molar-refractivity contribution in [2.45, 2.75) is 64.0 Å². The molecule has 3 aliphatic rings. The largest absolute Gasteiger partial charge is 0.315 e. The van der Waals surface area contributed by atoms with Crippen LogP contribution in [0, 0.1) is 22.6 Å². The number of fused-ring (bicyclic) bond motifs is 1. The Balaban J connectivity index is 1.23. The molecule has 146 valence electrons. The number of aromatic nitrogens is 3. The van der Waals surface area contributed by atoms with Crippen molar-refractivity contribution in [2.75, 3.05) is 13.1 Å². The maximum absolute atomic E-state index is 14.2. The topological polar surface area (TPSA) is 57.7 Å². The molecule has 1 aromatic heterocycles. The SMILES string of the molecule is N#Cc1ccc(CN2CCC3(CC2)C[C@H]3c2nnc3n2CCCCC3)c(F)c1. The van der Waals surface area contributed by atoms with Crippen LogP contribution in [0.3, 0.4) is 0 Å². The van der Waals surface area contributed by atoms with E-state index in [9.17, 15) is 4.39 Å². The summed E-state index contributed by atoms with van der Waals surface area (Å²) in [6.07, 6.45) is 8.35. The van der Waals surface area contributed by atoms with Gasteiger partial charge in [-0.15, -0.1) is 10.2 Å². The first-order valence-electron chi connectivity index (χ1n) is 10.5. The molecule has 5 rings (SSSR count). The third kappa shape index (κ3) is 3.12. The molecule has 1 aromatic carbocycles. The Morgan fingerprint density at radius 2 is 2.00 bits per heavy atom. The van der Waals surface area contributed by atoms with Gasteiger partial charge in [0, 0.05) is 31.0 Å². The summed E-state index contributed by atoms with van der Waals surface area (Å²) in [5.74, 6) is 2.70. The number of hydrogen-bond donors (Lipinski definition) is 0. The second kappa shape index (κ2) is 6.97. The highest BCUT2D eigenvalue weighted by Gasteiger charge is 2.57. The van der Waals surface area contributed by atoms with Gasteiger partial charge in [0.1, 0.15) is 17.5 Å². The highest BCUT2D eigenvalue weighted by atomic mass is 19.1. The molecular weight excluding hydrogens is 353 g/mol. The minimum atomic E-state index is -0.269. The van der Waals surface area contributed by atoms with Crippen molar-refractivity contribution in [3.05, 3.63) is 46.8 Å². The molecule has 1 aliphatic carbocycles. The fraction of sp³-hybridized carbons (Fsp3) is 0.591. The van der Waals surface area contributed by atoms with Crippen LogP contribution in [0.1, 0.15) is 67.2 Å². The maximum Gasteiger partial charge on any atom is 0.136 e. The Morgan fingerprint density at radius 1 is 1.14 bits per heavy atom. The van der Waals surface area contributed by atoms with E-state index in [0.29, 0.717) is 29.0 Å². The zero-order chi connectivity index (χ0) is 19.1. The molecule has 0 N–H and O–H groups in total. The summed E-state index contributed by atoms with van der Waals surface area (Å²) in [5.41, 5.74) is 1.45. The predicted octanol–water partition coefficient (Wildman–Crippen LogP) is 3.78. The summed E-state index contributed by atoms with van der Waals surface area (Å²) in [6, 6.07) is 6.80. The van der Waals surface area contributed by atoms with Crippen molar-refractivity contribution in [1.82, 2.24) is 19.7 Å². The van der Waals surface area contributed by atoms with Crippen LogP contribution in [-0.2, 0) is 19.5 Å². The Morgan fingerprint density at radius 3 is 2.79 bits per heavy atom. The van der Waals surface area contributed by atoms with Gasteiger partial charge >= 0.3 is 0 Å². The minimum Gasteiger partial charge on any atom is -0.315 e. The van der Waals surface area contributed by atoms with E-state index in [1.807, 2.05) is 6.07 Å². The number of rotatable bonds is 3. The van der Waals surface area contributed by atoms with E-state index in [1.54, 1.807) is 12.1 Å². The van der Waals surface area contributed by atoms with Gasteiger partial charge < -0.3 is 4.57 Å². The first-order chi connectivity index (χ1) is 13.7. The molecule has 1 saturated carbocycles. The third-order valence-corrected chi connectivity index (χ3v) is 7.07. The van der Waals surface area contributed by atoms with Crippen LogP contribution >= 0.6 is 0 Å². The van der Waals surface area contributed by atoms with Crippen LogP contribution in [0.4, 0.5) is 4.39 Å². The second-order valence-electron chi connectivity index (χ2n) is 8.75. The summed E-state index contributed by atoms with van der Waals surface area (Å²) in [7, 11) is 0. The third-order valence-electron chi connectivity index (χ3n) is 7.07. The highest BCUT2D eigenvalue weighted by Crippen LogP contribution is 2.64. The van der Waals surface area contributed by atoms with E-state index in [-0.39, 0.29) is 5.82 Å². The van der Waals surface area contributed by atoms with Gasteiger partial charge in [-0.3, -0.25) is 4.90 Å². The number of nitrogens with zero attached hydrogens (tertiary/aromatic N) is 5. The monoisotopic (exact) mass is 379 g/mol. The Kier molecular flexibility index (Phi) is 4.43. The number of likely N-dealkylation sites (tertiary alicyclic amines) is 1. The molecular formula is C22H26FN5. The first kappa shape index (κ1) is 17.8. The number of aryl methyl sites for hydroxylation is 1. The van der Waals surface area contributed by atoms with Gasteiger partial charge in [0.2, 0.25) is 0 Å². The lowest BCUT2D eigenvalue weighted by atomic mass is 9.90. The number of piperidine rings is 1. The van der Waals surface area contributed by atoms with Crippen LogP contribution in [0.2, 0.25) is 0 Å². The standard InChI is InChI=1S/C22H26FN5/c23-19-12-16(14-24)5-6-17(19)15-27-10-7-22(8-11-27)13-18(22)21-26-25-20-4-2-1-3-9-28(20)21/h5-6,12,18H,1-4,7-11,13,15H2/t18-/m0/s1. The summed E-state index contributed by atoms with van der Waals surface area (Å²) in [5, 5.41) is 18.0. The van der Waals surface area contributed by atoms with Crippen LogP contribution < -0.4 is 0 Å². The van der Waals surface area contributed by atoms with Crippen molar-refractivity contribution < 1.29 is 4.39 Å². The average molecular weight is 379 g/mol. The molecule has 0 amide bonds. The smallest absolute Gasteiger partial charge is 0.136 e. The molecule has 6 heteroatoms. The molecule has 3 heterocycles. The second-order valence-corrected chi connectivity index (χ2v) is 8.75. The number of hydrogen-bond acceptors (Lipinski definition) is 4. The Labute approximate surface area is 165 Å². The molecule has 2 aliphatic heterocycles. The molecule has 0 bridgehead atoms. The first-order valence-corrected chi connectivity index (χ1v) is 10.5. The Hall–Kier alpha value is -2.26. The minimum absolute atomic E-state index is 0.269. The van der Waals surface area contributed by atoms with Crippen LogP contribution in [0.5, 0.6) is 0 Å². The summed E-state index contributed by atoms with van der Waals surface area (Å²) >= 11 is 0. The van der Waals surface area contributed by atoms with E-state index < -0.39 is 0 Å². The van der Waals surface area contributed by atoms with E-state index in [1.165, 1.54) is 43.4 Å². The zero-order valence-corrected chi connectivity index (χ0v) is 16.2. The maximum atomic E-state index is 14.2. The molecule has 2 fully saturated rings. The number of benzene rings is 1. The van der Waals surface area contributed by atoms with Gasteiger partial charge in [-0.1, -0.05) is 12.5 Å². The van der Waals surface area contributed by atoms with Crippen molar-refractivity contribution in [1.29, 1.82) is 5.26 Å². The molecule has 5 nitrogen and oxygen atoms in total. The van der Waals surface area contributed by atoms with Crippen molar-refractivity contribution in [2.24, 2.45) is 5.41 Å². The lowest BCUT2D eigenvalue weighted by molar-refractivity contribution is 0.160. The summed E-state index contributed by atoms with van der Waals surface area (Å²) < 4.78 is 16.6. The molecule has 2 aromatic rings. The van der Waals surface area contributed by atoms with Gasteiger partial charge in [0.05, 0.1) is 11.6 Å². The zero-order valence-electron chi connectivity index (χ0n) is 16.2. The van der Waals surface area contributed by atoms with E-state index >= 15 is 0 Å². The average Bonchev–Trinajstić information content (AvgIpc) is 3.35. The van der Waals surface area contributed by atoms with Gasteiger partial charge in [0.25, 0.3) is 0 Å². The van der Waals surface area contributed by atoms with E-state index in [4.69, 9.17) is 5.26 Å². The lowest BCUT2D eigenvalue weighted by Crippen LogP contribution is -2.35. The normalized spacial score (nSPS) is 23.8. The highest BCUT2D eigenvalue weighted by molar-refractivity contribution is 5.33. The summed E-state index contributed by atoms with van der Waals surface area (Å²) in [6.45, 7) is 3.70. The van der Waals surface area contributed by atoms with Crippen LogP contribution in [0.15, 0.2) is 18.2 Å². The van der Waals surface area contributed by atoms with Crippen molar-refractivity contribution >= 4 is 0 Å². The van der Waals surface area contributed by atoms with E-state index in [2.05, 4.69) is 19.7 Å². The Bertz CT molecular complexity index is 919. The lowest BCUT2D eigenvalue weighted by Gasteiger charge is -2.33. The quantitative estimate of drug-likeness (QED) is 0.814. The van der Waals surface area contributed by atoms with Crippen molar-refractivity contribution in [3.8, 4) is 6.07 Å². The van der Waals surface area contributed by atoms with E-state index in [0.717, 1.165) is 38.9 Å². The predicted molar refractivity (Wildman–Crippen MR) is 103 cm³/mol. The van der Waals surface area contributed by atoms with Gasteiger partial charge in [0.15, 0.2) is 0 Å². The van der Waals surface area contributed by atoms with Gasteiger partial charge in [-0.2, -0.15) is 5.26 Å². The fourth-order valence-electron chi connectivity index (χ4n) is 5.17. The fourth-order valence-corrected chi connectivity index (χ4v) is 5.17. The van der Waals surface area contributed by atoms with Crippen LogP contribution in [0.25, 0.3) is 0 Å². The molecule has 0 unspecified atom stereocenters.